The summed E-state index contributed by atoms with van der Waals surface area (Å²) in [5.74, 6) is -1.42. The molecule has 2 heterocycles. The molecular formula is C14H15NO5. The predicted molar refractivity (Wildman–Crippen MR) is 67.6 cm³/mol. The summed E-state index contributed by atoms with van der Waals surface area (Å²) < 4.78 is 10.6. The SMILES string of the molecule is C[C@@H]1[C@@H]2O[C@H](O[C@@H]2C(=O)O)C(=O)N1Cc1ccccc1. The van der Waals surface area contributed by atoms with Crippen LogP contribution < -0.4 is 0 Å². The van der Waals surface area contributed by atoms with E-state index in [1.807, 2.05) is 30.3 Å². The maximum Gasteiger partial charge on any atom is 0.335 e. The van der Waals surface area contributed by atoms with E-state index in [1.54, 1.807) is 11.8 Å². The number of carbonyl (C=O) groups is 2. The molecule has 1 aromatic carbocycles. The van der Waals surface area contributed by atoms with Gasteiger partial charge in [-0.05, 0) is 12.5 Å². The van der Waals surface area contributed by atoms with E-state index in [-0.39, 0.29) is 11.9 Å². The van der Waals surface area contributed by atoms with Gasteiger partial charge in [-0.25, -0.2) is 4.79 Å². The summed E-state index contributed by atoms with van der Waals surface area (Å²) in [6, 6.07) is 9.20. The Balaban J connectivity index is 1.83. The summed E-state index contributed by atoms with van der Waals surface area (Å²) in [5, 5.41) is 9.11. The zero-order chi connectivity index (χ0) is 14.3. The van der Waals surface area contributed by atoms with Gasteiger partial charge in [0.2, 0.25) is 6.29 Å². The second-order valence-electron chi connectivity index (χ2n) is 5.02. The van der Waals surface area contributed by atoms with Gasteiger partial charge in [0, 0.05) is 6.54 Å². The molecular weight excluding hydrogens is 262 g/mol. The highest BCUT2D eigenvalue weighted by Crippen LogP contribution is 2.32. The van der Waals surface area contributed by atoms with Crippen LogP contribution in [0.1, 0.15) is 12.5 Å². The molecule has 3 rings (SSSR count). The van der Waals surface area contributed by atoms with Crippen LogP contribution in [0.4, 0.5) is 0 Å². The van der Waals surface area contributed by atoms with Crippen LogP contribution >= 0.6 is 0 Å². The van der Waals surface area contributed by atoms with Gasteiger partial charge in [0.1, 0.15) is 6.10 Å². The monoisotopic (exact) mass is 277 g/mol. The van der Waals surface area contributed by atoms with Crippen molar-refractivity contribution in [3.05, 3.63) is 35.9 Å². The van der Waals surface area contributed by atoms with Gasteiger partial charge in [0.15, 0.2) is 6.10 Å². The van der Waals surface area contributed by atoms with Gasteiger partial charge in [-0.2, -0.15) is 0 Å². The number of rotatable bonds is 3. The highest BCUT2D eigenvalue weighted by Gasteiger charge is 2.54. The van der Waals surface area contributed by atoms with E-state index >= 15 is 0 Å². The number of ether oxygens (including phenoxy) is 2. The number of carboxylic acid groups (broad SMARTS) is 1. The number of carboxylic acids is 1. The topological polar surface area (TPSA) is 76.1 Å². The summed E-state index contributed by atoms with van der Waals surface area (Å²) in [4.78, 5) is 25.0. The smallest absolute Gasteiger partial charge is 0.335 e. The molecule has 0 radical (unpaired) electrons. The molecule has 1 aromatic rings. The molecule has 2 saturated heterocycles. The van der Waals surface area contributed by atoms with E-state index in [1.165, 1.54) is 0 Å². The molecule has 0 unspecified atom stereocenters. The third-order valence-electron chi connectivity index (χ3n) is 3.74. The molecule has 20 heavy (non-hydrogen) atoms. The Hall–Kier alpha value is -1.92. The second-order valence-corrected chi connectivity index (χ2v) is 5.02. The van der Waals surface area contributed by atoms with Crippen molar-refractivity contribution in [2.75, 3.05) is 0 Å². The fraction of sp³-hybridized carbons (Fsp3) is 0.429. The number of hydrogen-bond acceptors (Lipinski definition) is 4. The van der Waals surface area contributed by atoms with E-state index < -0.39 is 24.5 Å². The molecule has 6 nitrogen and oxygen atoms in total. The Labute approximate surface area is 115 Å². The molecule has 0 spiro atoms. The Bertz CT molecular complexity index is 532. The summed E-state index contributed by atoms with van der Waals surface area (Å²) in [5.41, 5.74) is 0.987. The van der Waals surface area contributed by atoms with Gasteiger partial charge in [-0.3, -0.25) is 4.79 Å². The minimum atomic E-state index is -1.10. The Morgan fingerprint density at radius 1 is 1.30 bits per heavy atom. The minimum absolute atomic E-state index is 0.318. The quantitative estimate of drug-likeness (QED) is 0.876. The highest BCUT2D eigenvalue weighted by molar-refractivity contribution is 5.83. The normalized spacial score (nSPS) is 32.5. The van der Waals surface area contributed by atoms with Crippen molar-refractivity contribution in [2.24, 2.45) is 0 Å². The lowest BCUT2D eigenvalue weighted by atomic mass is 10.0. The molecule has 0 aromatic heterocycles. The Kier molecular flexibility index (Phi) is 3.19. The van der Waals surface area contributed by atoms with E-state index in [0.717, 1.165) is 5.56 Å². The van der Waals surface area contributed by atoms with Crippen LogP contribution in [-0.4, -0.2) is 46.4 Å². The van der Waals surface area contributed by atoms with Crippen molar-refractivity contribution in [3.63, 3.8) is 0 Å². The summed E-state index contributed by atoms with van der Waals surface area (Å²) in [6.45, 7) is 2.21. The molecule has 106 valence electrons. The van der Waals surface area contributed by atoms with E-state index in [4.69, 9.17) is 14.6 Å². The molecule has 1 amide bonds. The fourth-order valence-corrected chi connectivity index (χ4v) is 2.65. The van der Waals surface area contributed by atoms with E-state index in [2.05, 4.69) is 0 Å². The molecule has 6 heteroatoms. The Morgan fingerprint density at radius 3 is 2.65 bits per heavy atom. The van der Waals surface area contributed by atoms with Gasteiger partial charge in [0.05, 0.1) is 6.04 Å². The Morgan fingerprint density at radius 2 is 2.00 bits per heavy atom. The average molecular weight is 277 g/mol. The van der Waals surface area contributed by atoms with Crippen LogP contribution in [0.25, 0.3) is 0 Å². The van der Waals surface area contributed by atoms with E-state index in [9.17, 15) is 9.59 Å². The number of hydrogen-bond donors (Lipinski definition) is 1. The zero-order valence-electron chi connectivity index (χ0n) is 10.9. The van der Waals surface area contributed by atoms with Gasteiger partial charge >= 0.3 is 5.97 Å². The third-order valence-corrected chi connectivity index (χ3v) is 3.74. The standard InChI is InChI=1S/C14H15NO5/c1-8-10-11(13(17)18)20-14(19-10)12(16)15(8)7-9-5-3-2-4-6-9/h2-6,8,10-11,14H,7H2,1H3,(H,17,18)/t8-,10+,11+,14-/m1/s1. The maximum atomic E-state index is 12.2. The van der Waals surface area contributed by atoms with Crippen molar-refractivity contribution in [2.45, 2.75) is 38.0 Å². The minimum Gasteiger partial charge on any atom is -0.479 e. The highest BCUT2D eigenvalue weighted by atomic mass is 16.7. The number of carbonyl (C=O) groups excluding carboxylic acids is 1. The lowest BCUT2D eigenvalue weighted by Crippen LogP contribution is -2.54. The van der Waals surface area contributed by atoms with Crippen LogP contribution in [0.2, 0.25) is 0 Å². The predicted octanol–water partition coefficient (Wildman–Crippen LogP) is 0.612. The van der Waals surface area contributed by atoms with Gasteiger partial charge < -0.3 is 19.5 Å². The van der Waals surface area contributed by atoms with Crippen LogP contribution in [0, 0.1) is 0 Å². The summed E-state index contributed by atoms with van der Waals surface area (Å²) in [6.07, 6.45) is -2.81. The van der Waals surface area contributed by atoms with Crippen molar-refractivity contribution in [1.82, 2.24) is 4.90 Å². The molecule has 2 aliphatic heterocycles. The lowest BCUT2D eigenvalue weighted by molar-refractivity contribution is -0.178. The van der Waals surface area contributed by atoms with Gasteiger partial charge in [-0.1, -0.05) is 30.3 Å². The van der Waals surface area contributed by atoms with Crippen LogP contribution in [-0.2, 0) is 25.6 Å². The molecule has 2 bridgehead atoms. The molecule has 0 aliphatic carbocycles. The zero-order valence-corrected chi connectivity index (χ0v) is 10.9. The number of nitrogens with zero attached hydrogens (tertiary/aromatic N) is 1. The fourth-order valence-electron chi connectivity index (χ4n) is 2.65. The summed E-state index contributed by atoms with van der Waals surface area (Å²) >= 11 is 0. The largest absolute Gasteiger partial charge is 0.479 e. The van der Waals surface area contributed by atoms with Crippen molar-refractivity contribution in [3.8, 4) is 0 Å². The first-order valence-corrected chi connectivity index (χ1v) is 6.46. The number of amides is 1. The third kappa shape index (κ3) is 2.07. The number of morpholine rings is 1. The van der Waals surface area contributed by atoms with Crippen LogP contribution in [0.3, 0.4) is 0 Å². The molecule has 2 fully saturated rings. The van der Waals surface area contributed by atoms with E-state index in [0.29, 0.717) is 6.54 Å². The van der Waals surface area contributed by atoms with Crippen molar-refractivity contribution >= 4 is 11.9 Å². The molecule has 4 atom stereocenters. The van der Waals surface area contributed by atoms with Gasteiger partial charge in [0.25, 0.3) is 5.91 Å². The second kappa shape index (κ2) is 4.88. The average Bonchev–Trinajstić information content (AvgIpc) is 2.85. The van der Waals surface area contributed by atoms with Crippen LogP contribution in [0.5, 0.6) is 0 Å². The van der Waals surface area contributed by atoms with Crippen LogP contribution in [0.15, 0.2) is 30.3 Å². The lowest BCUT2D eigenvalue weighted by Gasteiger charge is -2.36. The first kappa shape index (κ1) is 13.1. The van der Waals surface area contributed by atoms with Crippen molar-refractivity contribution < 1.29 is 24.2 Å². The molecule has 0 saturated carbocycles. The first-order chi connectivity index (χ1) is 9.58. The molecule has 1 N–H and O–H groups in total. The maximum absolute atomic E-state index is 12.2. The van der Waals surface area contributed by atoms with Gasteiger partial charge in [-0.15, -0.1) is 0 Å². The molecule has 2 aliphatic rings. The number of aliphatic carboxylic acids is 1. The number of fused-ring (bicyclic) bond motifs is 2. The first-order valence-electron chi connectivity index (χ1n) is 6.46. The van der Waals surface area contributed by atoms with Crippen molar-refractivity contribution in [1.29, 1.82) is 0 Å². The summed E-state index contributed by atoms with van der Waals surface area (Å²) in [7, 11) is 0. The number of benzene rings is 1.